The summed E-state index contributed by atoms with van der Waals surface area (Å²) < 4.78 is 14.9. The summed E-state index contributed by atoms with van der Waals surface area (Å²) in [7, 11) is 0. The highest BCUT2D eigenvalue weighted by molar-refractivity contribution is 5.92. The van der Waals surface area contributed by atoms with E-state index in [0.717, 1.165) is 24.2 Å². The molecule has 0 bridgehead atoms. The van der Waals surface area contributed by atoms with Crippen LogP contribution in [0.1, 0.15) is 13.3 Å². The lowest BCUT2D eigenvalue weighted by atomic mass is 10.2. The molecule has 1 aromatic heterocycles. The molecule has 6 heteroatoms. The van der Waals surface area contributed by atoms with Gasteiger partial charge >= 0.3 is 0 Å². The van der Waals surface area contributed by atoms with Gasteiger partial charge in [-0.15, -0.1) is 0 Å². The molecule has 1 amide bonds. The molecule has 5 nitrogen and oxygen atoms in total. The van der Waals surface area contributed by atoms with Gasteiger partial charge in [-0.05, 0) is 37.2 Å². The molecule has 2 aromatic carbocycles. The Morgan fingerprint density at radius 2 is 1.85 bits per heavy atom. The maximum absolute atomic E-state index is 13.2. The Kier molecular flexibility index (Phi) is 5.76. The monoisotopic (exact) mass is 352 g/mol. The number of hydrogen-bond donors (Lipinski definition) is 2. The average Bonchev–Trinajstić information content (AvgIpc) is 3.07. The van der Waals surface area contributed by atoms with E-state index in [2.05, 4.69) is 15.7 Å². The SMILES string of the molecule is CCCNCC(=O)Nc1cc(-c2ccccc2)nn1-c1ccc(F)cc1. The van der Waals surface area contributed by atoms with Gasteiger partial charge in [0.15, 0.2) is 0 Å². The Balaban J connectivity index is 1.91. The zero-order valence-electron chi connectivity index (χ0n) is 14.6. The van der Waals surface area contributed by atoms with Gasteiger partial charge in [-0.1, -0.05) is 37.3 Å². The first-order valence-electron chi connectivity index (χ1n) is 8.59. The van der Waals surface area contributed by atoms with Crippen molar-refractivity contribution in [2.45, 2.75) is 13.3 Å². The predicted molar refractivity (Wildman–Crippen MR) is 101 cm³/mol. The van der Waals surface area contributed by atoms with Crippen LogP contribution in [0.5, 0.6) is 0 Å². The predicted octanol–water partition coefficient (Wildman–Crippen LogP) is 3.62. The van der Waals surface area contributed by atoms with E-state index in [1.165, 1.54) is 12.1 Å². The van der Waals surface area contributed by atoms with Crippen molar-refractivity contribution < 1.29 is 9.18 Å². The number of aromatic nitrogens is 2. The molecule has 0 aliphatic carbocycles. The number of rotatable bonds is 7. The van der Waals surface area contributed by atoms with Gasteiger partial charge < -0.3 is 10.6 Å². The van der Waals surface area contributed by atoms with Crippen molar-refractivity contribution in [2.24, 2.45) is 0 Å². The number of carbonyl (C=O) groups is 1. The van der Waals surface area contributed by atoms with Gasteiger partial charge in [0.25, 0.3) is 0 Å². The second-order valence-corrected chi connectivity index (χ2v) is 5.89. The number of anilines is 1. The van der Waals surface area contributed by atoms with Crippen LogP contribution in [0.3, 0.4) is 0 Å². The van der Waals surface area contributed by atoms with Crippen molar-refractivity contribution in [1.82, 2.24) is 15.1 Å². The van der Waals surface area contributed by atoms with Gasteiger partial charge in [0.05, 0.1) is 17.9 Å². The van der Waals surface area contributed by atoms with Gasteiger partial charge in [-0.25, -0.2) is 9.07 Å². The first-order chi connectivity index (χ1) is 12.7. The van der Waals surface area contributed by atoms with Gasteiger partial charge in [-0.3, -0.25) is 4.79 Å². The zero-order valence-corrected chi connectivity index (χ0v) is 14.6. The molecule has 0 spiro atoms. The van der Waals surface area contributed by atoms with Crippen LogP contribution in [0.4, 0.5) is 10.2 Å². The second kappa shape index (κ2) is 8.40. The molecule has 134 valence electrons. The summed E-state index contributed by atoms with van der Waals surface area (Å²) in [5.74, 6) is 0.0682. The smallest absolute Gasteiger partial charge is 0.239 e. The molecule has 0 atom stereocenters. The quantitative estimate of drug-likeness (QED) is 0.639. The minimum atomic E-state index is -0.321. The number of carbonyl (C=O) groups excluding carboxylic acids is 1. The van der Waals surface area contributed by atoms with Crippen LogP contribution in [0, 0.1) is 5.82 Å². The number of nitrogens with one attached hydrogen (secondary N) is 2. The van der Waals surface area contributed by atoms with Crippen LogP contribution in [0.15, 0.2) is 60.7 Å². The number of benzene rings is 2. The lowest BCUT2D eigenvalue weighted by Crippen LogP contribution is -2.29. The van der Waals surface area contributed by atoms with Crippen LogP contribution in [-0.2, 0) is 4.79 Å². The first kappa shape index (κ1) is 17.8. The summed E-state index contributed by atoms with van der Waals surface area (Å²) >= 11 is 0. The van der Waals surface area contributed by atoms with Crippen LogP contribution >= 0.6 is 0 Å². The molecule has 0 saturated carbocycles. The fourth-order valence-corrected chi connectivity index (χ4v) is 2.56. The van der Waals surface area contributed by atoms with E-state index in [9.17, 15) is 9.18 Å². The second-order valence-electron chi connectivity index (χ2n) is 5.89. The lowest BCUT2D eigenvalue weighted by molar-refractivity contribution is -0.115. The molecule has 0 radical (unpaired) electrons. The molecule has 0 unspecified atom stereocenters. The van der Waals surface area contributed by atoms with Crippen molar-refractivity contribution >= 4 is 11.7 Å². The number of nitrogens with zero attached hydrogens (tertiary/aromatic N) is 2. The topological polar surface area (TPSA) is 59.0 Å². The molecular weight excluding hydrogens is 331 g/mol. The molecular formula is C20H21FN4O. The van der Waals surface area contributed by atoms with Crippen LogP contribution < -0.4 is 10.6 Å². The third kappa shape index (κ3) is 4.34. The van der Waals surface area contributed by atoms with E-state index in [1.54, 1.807) is 16.8 Å². The Bertz CT molecular complexity index is 859. The summed E-state index contributed by atoms with van der Waals surface area (Å²) in [6.07, 6.45) is 0.957. The average molecular weight is 352 g/mol. The Morgan fingerprint density at radius 3 is 2.54 bits per heavy atom. The Morgan fingerprint density at radius 1 is 1.12 bits per heavy atom. The van der Waals surface area contributed by atoms with Gasteiger partial charge in [0, 0.05) is 11.6 Å². The van der Waals surface area contributed by atoms with Crippen molar-refractivity contribution in [2.75, 3.05) is 18.4 Å². The molecule has 0 fully saturated rings. The molecule has 0 saturated heterocycles. The van der Waals surface area contributed by atoms with Crippen LogP contribution in [0.25, 0.3) is 16.9 Å². The summed E-state index contributed by atoms with van der Waals surface area (Å²) in [5, 5.41) is 10.5. The highest BCUT2D eigenvalue weighted by atomic mass is 19.1. The van der Waals surface area contributed by atoms with Crippen molar-refractivity contribution in [3.05, 3.63) is 66.5 Å². The molecule has 2 N–H and O–H groups in total. The highest BCUT2D eigenvalue weighted by Crippen LogP contribution is 2.24. The normalized spacial score (nSPS) is 10.7. The van der Waals surface area contributed by atoms with E-state index < -0.39 is 0 Å². The van der Waals surface area contributed by atoms with E-state index in [0.29, 0.717) is 11.5 Å². The van der Waals surface area contributed by atoms with E-state index in [1.807, 2.05) is 43.3 Å². The molecule has 1 heterocycles. The molecule has 3 rings (SSSR count). The fraction of sp³-hybridized carbons (Fsp3) is 0.200. The summed E-state index contributed by atoms with van der Waals surface area (Å²) in [5.41, 5.74) is 2.34. The van der Waals surface area contributed by atoms with Gasteiger partial charge in [0.1, 0.15) is 11.6 Å². The standard InChI is InChI=1S/C20H21FN4O/c1-2-12-22-14-20(26)23-19-13-18(15-6-4-3-5-7-15)24-25(19)17-10-8-16(21)9-11-17/h3-11,13,22H,2,12,14H2,1H3,(H,23,26). The van der Waals surface area contributed by atoms with Crippen LogP contribution in [0.2, 0.25) is 0 Å². The maximum Gasteiger partial charge on any atom is 0.239 e. The van der Waals surface area contributed by atoms with Gasteiger partial charge in [-0.2, -0.15) is 5.10 Å². The molecule has 3 aromatic rings. The van der Waals surface area contributed by atoms with E-state index in [-0.39, 0.29) is 18.3 Å². The van der Waals surface area contributed by atoms with Crippen molar-refractivity contribution in [3.8, 4) is 16.9 Å². The minimum Gasteiger partial charge on any atom is -0.309 e. The number of amides is 1. The van der Waals surface area contributed by atoms with Crippen molar-refractivity contribution in [1.29, 1.82) is 0 Å². The van der Waals surface area contributed by atoms with Crippen molar-refractivity contribution in [3.63, 3.8) is 0 Å². The Labute approximate surface area is 151 Å². The first-order valence-corrected chi connectivity index (χ1v) is 8.59. The zero-order chi connectivity index (χ0) is 18.4. The highest BCUT2D eigenvalue weighted by Gasteiger charge is 2.13. The summed E-state index contributed by atoms with van der Waals surface area (Å²) in [6, 6.07) is 17.5. The third-order valence-electron chi connectivity index (χ3n) is 3.83. The fourth-order valence-electron chi connectivity index (χ4n) is 2.56. The lowest BCUT2D eigenvalue weighted by Gasteiger charge is -2.09. The molecule has 0 aliphatic rings. The van der Waals surface area contributed by atoms with Crippen LogP contribution in [-0.4, -0.2) is 28.8 Å². The Hall–Kier alpha value is -2.99. The van der Waals surface area contributed by atoms with E-state index >= 15 is 0 Å². The minimum absolute atomic E-state index is 0.152. The van der Waals surface area contributed by atoms with E-state index in [4.69, 9.17) is 0 Å². The van der Waals surface area contributed by atoms with Gasteiger partial charge in [0.2, 0.25) is 5.91 Å². The summed E-state index contributed by atoms with van der Waals surface area (Å²) in [6.45, 7) is 3.05. The largest absolute Gasteiger partial charge is 0.309 e. The third-order valence-corrected chi connectivity index (χ3v) is 3.83. The number of hydrogen-bond acceptors (Lipinski definition) is 3. The number of halogens is 1. The summed E-state index contributed by atoms with van der Waals surface area (Å²) in [4.78, 5) is 12.2. The molecule has 26 heavy (non-hydrogen) atoms. The molecule has 0 aliphatic heterocycles. The maximum atomic E-state index is 13.2.